The van der Waals surface area contributed by atoms with Crippen LogP contribution in [0.25, 0.3) is 0 Å². The number of hydrogen-bond donors (Lipinski definition) is 0. The lowest BCUT2D eigenvalue weighted by Gasteiger charge is -2.17. The van der Waals surface area contributed by atoms with Gasteiger partial charge in [0.1, 0.15) is 11.6 Å². The summed E-state index contributed by atoms with van der Waals surface area (Å²) in [6, 6.07) is 0.875. The SMILES string of the molecule is CCOC(=O)C(F)(F)Oc1ccc(F)c(C(F)(F)F)c1. The lowest BCUT2D eigenvalue weighted by molar-refractivity contribution is -0.216. The molecule has 0 unspecified atom stereocenters. The molecule has 0 radical (unpaired) electrons. The van der Waals surface area contributed by atoms with E-state index in [1.165, 1.54) is 6.92 Å². The Morgan fingerprint density at radius 2 is 1.80 bits per heavy atom. The highest BCUT2D eigenvalue weighted by atomic mass is 19.4. The second kappa shape index (κ2) is 5.59. The fraction of sp³-hybridized carbons (Fsp3) is 0.364. The second-order valence-corrected chi connectivity index (χ2v) is 3.48. The zero-order valence-corrected chi connectivity index (χ0v) is 9.93. The molecular weight excluding hydrogens is 294 g/mol. The fourth-order valence-electron chi connectivity index (χ4n) is 1.19. The first-order chi connectivity index (χ1) is 9.08. The lowest BCUT2D eigenvalue weighted by Crippen LogP contribution is -2.37. The van der Waals surface area contributed by atoms with Crippen LogP contribution in [-0.4, -0.2) is 18.7 Å². The van der Waals surface area contributed by atoms with Gasteiger partial charge in [0, 0.05) is 0 Å². The van der Waals surface area contributed by atoms with Gasteiger partial charge in [0.15, 0.2) is 0 Å². The van der Waals surface area contributed by atoms with Crippen LogP contribution >= 0.6 is 0 Å². The van der Waals surface area contributed by atoms with E-state index in [1.54, 1.807) is 0 Å². The summed E-state index contributed by atoms with van der Waals surface area (Å²) < 4.78 is 84.1. The summed E-state index contributed by atoms with van der Waals surface area (Å²) in [5.41, 5.74) is -1.78. The van der Waals surface area contributed by atoms with Gasteiger partial charge in [0.05, 0.1) is 12.2 Å². The van der Waals surface area contributed by atoms with Crippen molar-refractivity contribution in [3.63, 3.8) is 0 Å². The van der Waals surface area contributed by atoms with E-state index in [0.29, 0.717) is 12.1 Å². The number of rotatable bonds is 4. The minimum Gasteiger partial charge on any atom is -0.459 e. The molecule has 0 atom stereocenters. The Morgan fingerprint density at radius 1 is 1.20 bits per heavy atom. The quantitative estimate of drug-likeness (QED) is 0.632. The Kier molecular flexibility index (Phi) is 4.51. The highest BCUT2D eigenvalue weighted by Crippen LogP contribution is 2.34. The van der Waals surface area contributed by atoms with Crippen LogP contribution in [0.4, 0.5) is 26.3 Å². The van der Waals surface area contributed by atoms with Crippen LogP contribution in [0, 0.1) is 5.82 Å². The minimum atomic E-state index is -5.08. The molecule has 0 N–H and O–H groups in total. The molecule has 0 saturated carbocycles. The summed E-state index contributed by atoms with van der Waals surface area (Å²) in [5, 5.41) is 0. The summed E-state index contributed by atoms with van der Waals surface area (Å²) in [6.07, 6.45) is -9.56. The van der Waals surface area contributed by atoms with Crippen molar-refractivity contribution in [3.8, 4) is 5.75 Å². The van der Waals surface area contributed by atoms with Crippen LogP contribution in [0.5, 0.6) is 5.75 Å². The zero-order chi connectivity index (χ0) is 15.6. The van der Waals surface area contributed by atoms with E-state index in [0.717, 1.165) is 0 Å². The molecule has 1 aromatic rings. The normalized spacial score (nSPS) is 12.2. The smallest absolute Gasteiger partial charge is 0.459 e. The molecule has 0 aliphatic carbocycles. The summed E-state index contributed by atoms with van der Waals surface area (Å²) in [7, 11) is 0. The predicted molar refractivity (Wildman–Crippen MR) is 53.6 cm³/mol. The Labute approximate surface area is 109 Å². The standard InChI is InChI=1S/C11H8F6O3/c1-2-19-9(18)11(16,17)20-6-3-4-8(12)7(5-6)10(13,14)15/h3-5H,2H2,1H3. The molecular formula is C11H8F6O3. The second-order valence-electron chi connectivity index (χ2n) is 3.48. The molecule has 0 fully saturated rings. The number of halogens is 6. The number of hydrogen-bond acceptors (Lipinski definition) is 3. The van der Waals surface area contributed by atoms with Crippen LogP contribution in [-0.2, 0) is 15.7 Å². The van der Waals surface area contributed by atoms with E-state index in [9.17, 15) is 31.1 Å². The summed E-state index contributed by atoms with van der Waals surface area (Å²) in [5.74, 6) is -4.72. The lowest BCUT2D eigenvalue weighted by atomic mass is 10.2. The van der Waals surface area contributed by atoms with Crippen molar-refractivity contribution in [1.82, 2.24) is 0 Å². The zero-order valence-electron chi connectivity index (χ0n) is 9.93. The van der Waals surface area contributed by atoms with Gasteiger partial charge in [0.2, 0.25) is 0 Å². The predicted octanol–water partition coefficient (Wildman–Crippen LogP) is 3.38. The number of carbonyl (C=O) groups excluding carboxylic acids is 1. The monoisotopic (exact) mass is 302 g/mol. The molecule has 0 bridgehead atoms. The minimum absolute atomic E-state index is 0.0302. The first-order valence-electron chi connectivity index (χ1n) is 5.18. The van der Waals surface area contributed by atoms with Gasteiger partial charge in [-0.1, -0.05) is 0 Å². The van der Waals surface area contributed by atoms with E-state index in [4.69, 9.17) is 0 Å². The molecule has 9 heteroatoms. The van der Waals surface area contributed by atoms with Gasteiger partial charge in [0.25, 0.3) is 0 Å². The highest BCUT2D eigenvalue weighted by Gasteiger charge is 2.45. The van der Waals surface area contributed by atoms with E-state index in [2.05, 4.69) is 9.47 Å². The first kappa shape index (κ1) is 16.1. The first-order valence-corrected chi connectivity index (χ1v) is 5.18. The topological polar surface area (TPSA) is 35.5 Å². The van der Waals surface area contributed by atoms with Crippen molar-refractivity contribution >= 4 is 5.97 Å². The highest BCUT2D eigenvalue weighted by molar-refractivity contribution is 5.76. The number of benzene rings is 1. The Balaban J connectivity index is 3.02. The van der Waals surface area contributed by atoms with Crippen LogP contribution in [0.15, 0.2) is 18.2 Å². The number of esters is 1. The molecule has 0 aliphatic rings. The number of carbonyl (C=O) groups is 1. The van der Waals surface area contributed by atoms with Crippen molar-refractivity contribution in [2.75, 3.05) is 6.61 Å². The Bertz CT molecular complexity index is 497. The molecule has 1 aromatic carbocycles. The molecule has 0 aliphatic heterocycles. The van der Waals surface area contributed by atoms with Crippen LogP contribution < -0.4 is 4.74 Å². The van der Waals surface area contributed by atoms with Gasteiger partial charge < -0.3 is 9.47 Å². The van der Waals surface area contributed by atoms with Crippen molar-refractivity contribution in [3.05, 3.63) is 29.6 Å². The molecule has 0 heterocycles. The Morgan fingerprint density at radius 3 is 2.30 bits per heavy atom. The van der Waals surface area contributed by atoms with E-state index in [1.807, 2.05) is 0 Å². The average Bonchev–Trinajstić information content (AvgIpc) is 2.30. The maximum Gasteiger partial charge on any atom is 0.502 e. The molecule has 0 aromatic heterocycles. The molecule has 112 valence electrons. The van der Waals surface area contributed by atoms with Gasteiger partial charge in [-0.2, -0.15) is 22.0 Å². The van der Waals surface area contributed by atoms with E-state index in [-0.39, 0.29) is 12.7 Å². The molecule has 0 amide bonds. The van der Waals surface area contributed by atoms with E-state index >= 15 is 0 Å². The largest absolute Gasteiger partial charge is 0.502 e. The summed E-state index contributed by atoms with van der Waals surface area (Å²) in [4.78, 5) is 10.8. The van der Waals surface area contributed by atoms with Crippen molar-refractivity contribution in [1.29, 1.82) is 0 Å². The van der Waals surface area contributed by atoms with Gasteiger partial charge in [-0.3, -0.25) is 0 Å². The maximum absolute atomic E-state index is 13.1. The van der Waals surface area contributed by atoms with Gasteiger partial charge in [-0.25, -0.2) is 9.18 Å². The molecule has 0 saturated heterocycles. The van der Waals surface area contributed by atoms with Gasteiger partial charge in [-0.15, -0.1) is 0 Å². The van der Waals surface area contributed by atoms with Crippen LogP contribution in [0.2, 0.25) is 0 Å². The van der Waals surface area contributed by atoms with E-state index < -0.39 is 35.4 Å². The average molecular weight is 302 g/mol. The molecule has 3 nitrogen and oxygen atoms in total. The van der Waals surface area contributed by atoms with Gasteiger partial charge in [-0.05, 0) is 25.1 Å². The number of alkyl halides is 5. The molecule has 1 rings (SSSR count). The maximum atomic E-state index is 13.1. The fourth-order valence-corrected chi connectivity index (χ4v) is 1.19. The molecule has 20 heavy (non-hydrogen) atoms. The molecule has 0 spiro atoms. The van der Waals surface area contributed by atoms with Crippen molar-refractivity contribution < 1.29 is 40.6 Å². The van der Waals surface area contributed by atoms with Crippen LogP contribution in [0.1, 0.15) is 12.5 Å². The third kappa shape index (κ3) is 3.78. The van der Waals surface area contributed by atoms with Crippen molar-refractivity contribution in [2.24, 2.45) is 0 Å². The van der Waals surface area contributed by atoms with Gasteiger partial charge >= 0.3 is 18.3 Å². The number of ether oxygens (including phenoxy) is 2. The third-order valence-corrected chi connectivity index (χ3v) is 2.00. The Hall–Kier alpha value is -1.93. The summed E-state index contributed by atoms with van der Waals surface area (Å²) in [6.45, 7) is 0.892. The third-order valence-electron chi connectivity index (χ3n) is 2.00. The van der Waals surface area contributed by atoms with Crippen LogP contribution in [0.3, 0.4) is 0 Å². The summed E-state index contributed by atoms with van der Waals surface area (Å²) >= 11 is 0. The van der Waals surface area contributed by atoms with Crippen molar-refractivity contribution in [2.45, 2.75) is 19.2 Å².